The standard InChI is InChI=1S/C20H35N3O6Si/c1-5-23(19-12-10-18(22-25)11-13-19)15-16-26-20(24)21-14-9-17-30(27-6-2,28-7-3)29-8-4/h10-13H,5-9,14-17H2,1-4H3,(H,21,24). The van der Waals surface area contributed by atoms with E-state index in [9.17, 15) is 9.70 Å². The Morgan fingerprint density at radius 3 is 2.13 bits per heavy atom. The summed E-state index contributed by atoms with van der Waals surface area (Å²) in [5.41, 5.74) is 1.33. The minimum absolute atomic E-state index is 0.253. The molecule has 0 saturated heterocycles. The molecule has 1 aromatic carbocycles. The zero-order valence-electron chi connectivity index (χ0n) is 18.5. The minimum Gasteiger partial charge on any atom is -0.448 e. The van der Waals surface area contributed by atoms with Crippen LogP contribution in [0.25, 0.3) is 0 Å². The summed E-state index contributed by atoms with van der Waals surface area (Å²) in [5.74, 6) is 0. The molecule has 9 nitrogen and oxygen atoms in total. The maximum atomic E-state index is 12.0. The Labute approximate surface area is 180 Å². The van der Waals surface area contributed by atoms with Gasteiger partial charge in [-0.2, -0.15) is 0 Å². The second-order valence-corrected chi connectivity index (χ2v) is 9.07. The van der Waals surface area contributed by atoms with E-state index in [0.29, 0.717) is 51.1 Å². The summed E-state index contributed by atoms with van der Waals surface area (Å²) < 4.78 is 22.7. The predicted octanol–water partition coefficient (Wildman–Crippen LogP) is 4.08. The van der Waals surface area contributed by atoms with E-state index < -0.39 is 14.9 Å². The lowest BCUT2D eigenvalue weighted by molar-refractivity contribution is 0.0706. The van der Waals surface area contributed by atoms with Crippen LogP contribution in [0.1, 0.15) is 34.1 Å². The van der Waals surface area contributed by atoms with Gasteiger partial charge in [0.15, 0.2) is 0 Å². The van der Waals surface area contributed by atoms with Gasteiger partial charge >= 0.3 is 14.9 Å². The Kier molecular flexibility index (Phi) is 12.9. The molecule has 0 aliphatic rings. The third-order valence-corrected chi connectivity index (χ3v) is 7.47. The fourth-order valence-electron chi connectivity index (χ4n) is 2.99. The van der Waals surface area contributed by atoms with Crippen LogP contribution in [0, 0.1) is 4.91 Å². The summed E-state index contributed by atoms with van der Waals surface area (Å²) in [6.07, 6.45) is 0.225. The second-order valence-electron chi connectivity index (χ2n) is 6.34. The van der Waals surface area contributed by atoms with E-state index in [1.165, 1.54) is 0 Å². The Morgan fingerprint density at radius 2 is 1.63 bits per heavy atom. The number of hydrogen-bond acceptors (Lipinski definition) is 8. The normalized spacial score (nSPS) is 11.2. The van der Waals surface area contributed by atoms with Gasteiger partial charge in [-0.05, 0) is 63.6 Å². The van der Waals surface area contributed by atoms with Crippen molar-refractivity contribution >= 4 is 26.3 Å². The van der Waals surface area contributed by atoms with Crippen LogP contribution in [0.2, 0.25) is 6.04 Å². The van der Waals surface area contributed by atoms with Gasteiger partial charge in [-0.15, -0.1) is 4.91 Å². The number of alkyl carbamates (subject to hydrolysis) is 1. The monoisotopic (exact) mass is 441 g/mol. The number of likely N-dealkylation sites (N-methyl/N-ethyl adjacent to an activating group) is 1. The molecule has 1 aromatic rings. The van der Waals surface area contributed by atoms with Gasteiger partial charge in [0.1, 0.15) is 12.3 Å². The average Bonchev–Trinajstić information content (AvgIpc) is 2.75. The molecule has 0 unspecified atom stereocenters. The maximum Gasteiger partial charge on any atom is 0.500 e. The van der Waals surface area contributed by atoms with Crippen molar-refractivity contribution in [3.8, 4) is 0 Å². The van der Waals surface area contributed by atoms with Gasteiger partial charge in [0.05, 0.1) is 6.54 Å². The number of nitroso groups, excluding NO2 is 1. The molecule has 0 spiro atoms. The van der Waals surface area contributed by atoms with E-state index in [2.05, 4.69) is 10.5 Å². The lowest BCUT2D eigenvalue weighted by atomic mass is 10.2. The highest BCUT2D eigenvalue weighted by atomic mass is 28.4. The number of nitrogens with zero attached hydrogens (tertiary/aromatic N) is 2. The Bertz CT molecular complexity index is 600. The molecule has 0 saturated carbocycles. The Morgan fingerprint density at radius 1 is 1.03 bits per heavy atom. The molecule has 0 aromatic heterocycles. The average molecular weight is 442 g/mol. The van der Waals surface area contributed by atoms with Crippen LogP contribution in [-0.4, -0.2) is 61.0 Å². The summed E-state index contributed by atoms with van der Waals surface area (Å²) in [4.78, 5) is 24.5. The molecule has 0 fully saturated rings. The zero-order valence-corrected chi connectivity index (χ0v) is 19.5. The molecule has 1 N–H and O–H groups in total. The number of carbonyl (C=O) groups is 1. The third-order valence-electron chi connectivity index (χ3n) is 4.32. The number of carbonyl (C=O) groups excluding carboxylic acids is 1. The molecule has 1 amide bonds. The summed E-state index contributed by atoms with van der Waals surface area (Å²) >= 11 is 0. The van der Waals surface area contributed by atoms with Gasteiger partial charge in [0.2, 0.25) is 0 Å². The van der Waals surface area contributed by atoms with E-state index in [1.807, 2.05) is 44.7 Å². The van der Waals surface area contributed by atoms with Crippen LogP contribution in [0.3, 0.4) is 0 Å². The maximum absolute atomic E-state index is 12.0. The van der Waals surface area contributed by atoms with Crippen molar-refractivity contribution in [2.75, 3.05) is 51.0 Å². The van der Waals surface area contributed by atoms with Crippen molar-refractivity contribution < 1.29 is 22.8 Å². The minimum atomic E-state index is -2.68. The molecular formula is C20H35N3O6Si. The molecule has 30 heavy (non-hydrogen) atoms. The van der Waals surface area contributed by atoms with Crippen LogP contribution in [0.5, 0.6) is 0 Å². The van der Waals surface area contributed by atoms with Gasteiger partial charge in [0.25, 0.3) is 0 Å². The number of hydrogen-bond donors (Lipinski definition) is 1. The van der Waals surface area contributed by atoms with Gasteiger partial charge in [-0.3, -0.25) is 0 Å². The summed E-state index contributed by atoms with van der Waals surface area (Å²) in [5, 5.41) is 5.65. The van der Waals surface area contributed by atoms with E-state index in [0.717, 1.165) is 12.2 Å². The van der Waals surface area contributed by atoms with Crippen molar-refractivity contribution in [1.29, 1.82) is 0 Å². The van der Waals surface area contributed by atoms with Crippen molar-refractivity contribution in [1.82, 2.24) is 5.32 Å². The van der Waals surface area contributed by atoms with Crippen LogP contribution in [0.15, 0.2) is 29.4 Å². The summed E-state index contributed by atoms with van der Waals surface area (Å²) in [7, 11) is -2.68. The van der Waals surface area contributed by atoms with Crippen LogP contribution < -0.4 is 10.2 Å². The van der Waals surface area contributed by atoms with E-state index in [4.69, 9.17) is 18.0 Å². The fraction of sp³-hybridized carbons (Fsp3) is 0.650. The highest BCUT2D eigenvalue weighted by Crippen LogP contribution is 2.19. The SMILES string of the molecule is CCO[Si](CCCNC(=O)OCCN(CC)c1ccc(N=O)cc1)(OCC)OCC. The molecule has 0 radical (unpaired) electrons. The molecule has 0 aliphatic heterocycles. The zero-order chi connectivity index (χ0) is 22.2. The van der Waals surface area contributed by atoms with Crippen LogP contribution in [0.4, 0.5) is 16.2 Å². The number of anilines is 1. The molecule has 0 aliphatic carbocycles. The van der Waals surface area contributed by atoms with Crippen molar-refractivity contribution in [3.63, 3.8) is 0 Å². The Balaban J connectivity index is 2.35. The highest BCUT2D eigenvalue weighted by Gasteiger charge is 2.39. The van der Waals surface area contributed by atoms with Crippen molar-refractivity contribution in [2.45, 2.75) is 40.2 Å². The van der Waals surface area contributed by atoms with Gasteiger partial charge in [-0.25, -0.2) is 4.79 Å². The van der Waals surface area contributed by atoms with E-state index in [1.54, 1.807) is 12.1 Å². The molecule has 0 bridgehead atoms. The Hall–Kier alpha value is -2.01. The number of benzene rings is 1. The molecule has 1 rings (SSSR count). The quantitative estimate of drug-likeness (QED) is 0.234. The van der Waals surface area contributed by atoms with Crippen molar-refractivity contribution in [2.24, 2.45) is 5.18 Å². The predicted molar refractivity (Wildman–Crippen MR) is 119 cm³/mol. The smallest absolute Gasteiger partial charge is 0.448 e. The number of rotatable bonds is 16. The van der Waals surface area contributed by atoms with Gasteiger partial charge in [-0.1, -0.05) is 0 Å². The van der Waals surface area contributed by atoms with E-state index >= 15 is 0 Å². The molecule has 10 heteroatoms. The second kappa shape index (κ2) is 14.9. The number of amides is 1. The summed E-state index contributed by atoms with van der Waals surface area (Å²) in [6, 6.07) is 7.61. The molecule has 0 atom stereocenters. The van der Waals surface area contributed by atoms with Crippen molar-refractivity contribution in [3.05, 3.63) is 29.2 Å². The lowest BCUT2D eigenvalue weighted by Crippen LogP contribution is -2.46. The van der Waals surface area contributed by atoms with E-state index in [-0.39, 0.29) is 6.61 Å². The first kappa shape index (κ1) is 26.0. The molecule has 170 valence electrons. The topological polar surface area (TPSA) is 98.7 Å². The fourth-order valence-corrected chi connectivity index (χ4v) is 5.60. The largest absolute Gasteiger partial charge is 0.500 e. The van der Waals surface area contributed by atoms with Gasteiger partial charge in [0, 0.05) is 44.6 Å². The van der Waals surface area contributed by atoms with Crippen LogP contribution in [-0.2, 0) is 18.0 Å². The first-order chi connectivity index (χ1) is 14.5. The third kappa shape index (κ3) is 9.20. The first-order valence-corrected chi connectivity index (χ1v) is 12.5. The molecular weight excluding hydrogens is 406 g/mol. The highest BCUT2D eigenvalue weighted by molar-refractivity contribution is 6.60. The number of ether oxygens (including phenoxy) is 1. The molecule has 0 heterocycles. The van der Waals surface area contributed by atoms with Crippen LogP contribution >= 0.6 is 0 Å². The first-order valence-electron chi connectivity index (χ1n) is 10.5. The summed E-state index contributed by atoms with van der Waals surface area (Å²) in [6.45, 7) is 11.4. The number of nitrogens with one attached hydrogen (secondary N) is 1. The van der Waals surface area contributed by atoms with Gasteiger partial charge < -0.3 is 28.2 Å². The lowest BCUT2D eigenvalue weighted by Gasteiger charge is -2.28.